The maximum Gasteiger partial charge on any atom is 0.421 e. The molecule has 0 aromatic carbocycles. The lowest BCUT2D eigenvalue weighted by atomic mass is 10.9. The van der Waals surface area contributed by atoms with E-state index in [9.17, 15) is 13.2 Å². The van der Waals surface area contributed by atoms with Gasteiger partial charge in [-0.25, -0.2) is 9.52 Å². The molecule has 0 aliphatic carbocycles. The molecule has 11 heavy (non-hydrogen) atoms. The molecule has 0 aliphatic heterocycles. The van der Waals surface area contributed by atoms with Gasteiger partial charge < -0.3 is 4.74 Å². The van der Waals surface area contributed by atoms with Crippen molar-refractivity contribution in [3.05, 3.63) is 0 Å². The first kappa shape index (κ1) is 10.1. The van der Waals surface area contributed by atoms with Gasteiger partial charge in [-0.2, -0.15) is 8.42 Å². The summed E-state index contributed by atoms with van der Waals surface area (Å²) < 4.78 is 26.6. The van der Waals surface area contributed by atoms with Gasteiger partial charge in [0, 0.05) is 0 Å². The van der Waals surface area contributed by atoms with E-state index in [1.165, 1.54) is 9.55 Å². The summed E-state index contributed by atoms with van der Waals surface area (Å²) in [6, 6.07) is 0. The van der Waals surface area contributed by atoms with Gasteiger partial charge in [-0.15, -0.1) is 4.83 Å². The summed E-state index contributed by atoms with van der Waals surface area (Å²) in [5.41, 5.74) is 0. The van der Waals surface area contributed by atoms with E-state index >= 15 is 0 Å². The molecule has 66 valence electrons. The summed E-state index contributed by atoms with van der Waals surface area (Å²) in [5.74, 6) is 4.54. The highest BCUT2D eigenvalue weighted by Gasteiger charge is 2.11. The Morgan fingerprint density at radius 2 is 2.18 bits per heavy atom. The van der Waals surface area contributed by atoms with E-state index in [4.69, 9.17) is 0 Å². The lowest BCUT2D eigenvalue weighted by Gasteiger charge is -2.03. The quantitative estimate of drug-likeness (QED) is 0.362. The Morgan fingerprint density at radius 3 is 2.55 bits per heavy atom. The molecular formula is C3H9N3O4S. The molecule has 0 atom stereocenters. The Bertz CT molecular complexity index is 223. The molecule has 0 unspecified atom stereocenters. The fraction of sp³-hybridized carbons (Fsp3) is 0.667. The maximum absolute atomic E-state index is 10.4. The minimum absolute atomic E-state index is 0.0892. The number of carbonyl (C=O) groups is 1. The molecule has 0 aliphatic rings. The molecule has 1 amide bonds. The number of amides is 1. The summed E-state index contributed by atoms with van der Waals surface area (Å²) >= 11 is 0. The smallest absolute Gasteiger partial charge is 0.421 e. The van der Waals surface area contributed by atoms with Crippen LogP contribution in [0.1, 0.15) is 6.92 Å². The summed E-state index contributed by atoms with van der Waals surface area (Å²) in [6.07, 6.45) is -1.06. The first-order valence-electron chi connectivity index (χ1n) is 2.68. The molecule has 0 saturated carbocycles. The summed E-state index contributed by atoms with van der Waals surface area (Å²) in [5, 5.41) is 0. The van der Waals surface area contributed by atoms with Crippen molar-refractivity contribution < 1.29 is 17.9 Å². The van der Waals surface area contributed by atoms with Crippen molar-refractivity contribution in [1.82, 2.24) is 9.55 Å². The van der Waals surface area contributed by atoms with Crippen molar-refractivity contribution in [3.8, 4) is 0 Å². The Balaban J connectivity index is 3.95. The SMILES string of the molecule is CCOC(=O)NS(=O)(=O)NN. The van der Waals surface area contributed by atoms with E-state index in [-0.39, 0.29) is 6.61 Å². The van der Waals surface area contributed by atoms with Gasteiger partial charge in [-0.1, -0.05) is 0 Å². The lowest BCUT2D eigenvalue weighted by molar-refractivity contribution is 0.158. The highest BCUT2D eigenvalue weighted by molar-refractivity contribution is 7.88. The minimum Gasteiger partial charge on any atom is -0.449 e. The number of nitrogens with two attached hydrogens (primary N) is 1. The second-order valence-electron chi connectivity index (χ2n) is 1.44. The minimum atomic E-state index is -3.94. The molecule has 0 bridgehead atoms. The summed E-state index contributed by atoms with van der Waals surface area (Å²) in [4.78, 5) is 11.8. The van der Waals surface area contributed by atoms with Crippen LogP contribution in [-0.2, 0) is 14.9 Å². The van der Waals surface area contributed by atoms with Gasteiger partial charge >= 0.3 is 16.3 Å². The molecule has 0 heterocycles. The van der Waals surface area contributed by atoms with Crippen LogP contribution >= 0.6 is 0 Å². The molecule has 0 saturated heterocycles. The normalized spacial score (nSPS) is 10.7. The third-order valence-electron chi connectivity index (χ3n) is 0.648. The monoisotopic (exact) mass is 183 g/mol. The number of nitrogens with one attached hydrogen (secondary N) is 2. The van der Waals surface area contributed by atoms with E-state index in [0.717, 1.165) is 0 Å². The second kappa shape index (κ2) is 4.11. The Hall–Kier alpha value is -0.860. The van der Waals surface area contributed by atoms with Crippen LogP contribution in [0.2, 0.25) is 0 Å². The largest absolute Gasteiger partial charge is 0.449 e. The predicted octanol–water partition coefficient (Wildman–Crippen LogP) is -1.56. The molecule has 0 spiro atoms. The van der Waals surface area contributed by atoms with E-state index in [1.807, 2.05) is 0 Å². The van der Waals surface area contributed by atoms with Crippen molar-refractivity contribution in [2.24, 2.45) is 5.84 Å². The maximum atomic E-state index is 10.4. The van der Waals surface area contributed by atoms with Crippen LogP contribution in [0.3, 0.4) is 0 Å². The number of ether oxygens (including phenoxy) is 1. The zero-order valence-electron chi connectivity index (χ0n) is 5.83. The number of hydrazine groups is 1. The number of hydrogen-bond donors (Lipinski definition) is 3. The summed E-state index contributed by atoms with van der Waals surface area (Å²) in [6.45, 7) is 1.63. The molecule has 0 aromatic rings. The standard InChI is InChI=1S/C3H9N3O4S/c1-2-10-3(7)5-11(8,9)6-4/h6H,2,4H2,1H3,(H,5,7). The third-order valence-corrected chi connectivity index (χ3v) is 1.39. The molecule has 0 aromatic heterocycles. The average molecular weight is 183 g/mol. The molecule has 0 radical (unpaired) electrons. The van der Waals surface area contributed by atoms with E-state index in [2.05, 4.69) is 10.6 Å². The Morgan fingerprint density at radius 1 is 1.64 bits per heavy atom. The predicted molar refractivity (Wildman–Crippen MR) is 36.4 cm³/mol. The van der Waals surface area contributed by atoms with Gasteiger partial charge in [0.05, 0.1) is 6.61 Å². The van der Waals surface area contributed by atoms with Crippen molar-refractivity contribution in [2.75, 3.05) is 6.61 Å². The van der Waals surface area contributed by atoms with Crippen LogP contribution in [0, 0.1) is 0 Å². The van der Waals surface area contributed by atoms with Crippen molar-refractivity contribution in [3.63, 3.8) is 0 Å². The van der Waals surface area contributed by atoms with Crippen molar-refractivity contribution >= 4 is 16.3 Å². The van der Waals surface area contributed by atoms with Gasteiger partial charge in [0.25, 0.3) is 0 Å². The summed E-state index contributed by atoms with van der Waals surface area (Å²) in [7, 11) is -3.94. The zero-order valence-corrected chi connectivity index (χ0v) is 6.64. The molecular weight excluding hydrogens is 174 g/mol. The molecule has 0 fully saturated rings. The second-order valence-corrected chi connectivity index (χ2v) is 2.89. The van der Waals surface area contributed by atoms with Gasteiger partial charge in [-0.3, -0.25) is 5.84 Å². The number of rotatable bonds is 3. The first-order chi connectivity index (χ1) is 5.02. The van der Waals surface area contributed by atoms with Gasteiger partial charge in [0.1, 0.15) is 0 Å². The topological polar surface area (TPSA) is 111 Å². The first-order valence-corrected chi connectivity index (χ1v) is 4.17. The van der Waals surface area contributed by atoms with Crippen molar-refractivity contribution in [2.45, 2.75) is 6.92 Å². The van der Waals surface area contributed by atoms with E-state index in [0.29, 0.717) is 0 Å². The third kappa shape index (κ3) is 4.53. The fourth-order valence-electron chi connectivity index (χ4n) is 0.300. The van der Waals surface area contributed by atoms with E-state index in [1.54, 1.807) is 6.92 Å². The lowest BCUT2D eigenvalue weighted by Crippen LogP contribution is -2.43. The zero-order chi connectivity index (χ0) is 8.91. The van der Waals surface area contributed by atoms with Crippen LogP contribution in [0.15, 0.2) is 0 Å². The van der Waals surface area contributed by atoms with Gasteiger partial charge in [0.2, 0.25) is 0 Å². The van der Waals surface area contributed by atoms with Crippen LogP contribution in [-0.4, -0.2) is 21.1 Å². The van der Waals surface area contributed by atoms with E-state index < -0.39 is 16.3 Å². The van der Waals surface area contributed by atoms with Gasteiger partial charge in [-0.05, 0) is 6.92 Å². The number of hydrogen-bond acceptors (Lipinski definition) is 5. The van der Waals surface area contributed by atoms with Crippen LogP contribution in [0.4, 0.5) is 4.79 Å². The highest BCUT2D eigenvalue weighted by atomic mass is 32.2. The average Bonchev–Trinajstić information content (AvgIpc) is 1.87. The van der Waals surface area contributed by atoms with Crippen LogP contribution in [0.5, 0.6) is 0 Å². The fourth-order valence-corrected chi connectivity index (χ4v) is 0.637. The Kier molecular flexibility index (Phi) is 3.79. The molecule has 7 nitrogen and oxygen atoms in total. The number of carbonyl (C=O) groups excluding carboxylic acids is 1. The molecule has 0 rings (SSSR count). The van der Waals surface area contributed by atoms with Crippen LogP contribution < -0.4 is 15.4 Å². The molecule has 4 N–H and O–H groups in total. The highest BCUT2D eigenvalue weighted by Crippen LogP contribution is 1.78. The molecule has 8 heteroatoms. The Labute approximate surface area is 64.1 Å². The van der Waals surface area contributed by atoms with Gasteiger partial charge in [0.15, 0.2) is 0 Å². The van der Waals surface area contributed by atoms with Crippen LogP contribution in [0.25, 0.3) is 0 Å². The van der Waals surface area contributed by atoms with Crippen molar-refractivity contribution in [1.29, 1.82) is 0 Å².